The molecule has 1 aromatic carbocycles. The van der Waals surface area contributed by atoms with Gasteiger partial charge in [-0.2, -0.15) is 0 Å². The third kappa shape index (κ3) is 2.63. The molecule has 1 aliphatic rings. The Kier molecular flexibility index (Phi) is 3.91. The Labute approximate surface area is 110 Å². The van der Waals surface area contributed by atoms with Crippen LogP contribution in [0.3, 0.4) is 0 Å². The lowest BCUT2D eigenvalue weighted by atomic mass is 10.1. The second kappa shape index (κ2) is 5.62. The van der Waals surface area contributed by atoms with Crippen LogP contribution >= 0.6 is 0 Å². The van der Waals surface area contributed by atoms with E-state index in [1.165, 1.54) is 0 Å². The molecule has 19 heavy (non-hydrogen) atoms. The summed E-state index contributed by atoms with van der Waals surface area (Å²) >= 11 is 0. The van der Waals surface area contributed by atoms with Gasteiger partial charge >= 0.3 is 0 Å². The average Bonchev–Trinajstić information content (AvgIpc) is 2.65. The van der Waals surface area contributed by atoms with Crippen molar-refractivity contribution in [2.75, 3.05) is 19.7 Å². The SMILES string of the molecule is O=C(CN1C(=O)c2ccccc2C1=O)NCCCO. The first-order valence-electron chi connectivity index (χ1n) is 5.98. The van der Waals surface area contributed by atoms with Crippen LogP contribution in [-0.2, 0) is 4.79 Å². The molecule has 0 spiro atoms. The fraction of sp³-hybridized carbons (Fsp3) is 0.308. The van der Waals surface area contributed by atoms with Crippen molar-refractivity contribution >= 4 is 17.7 Å². The van der Waals surface area contributed by atoms with E-state index < -0.39 is 17.7 Å². The molecule has 6 nitrogen and oxygen atoms in total. The zero-order valence-corrected chi connectivity index (χ0v) is 10.3. The second-order valence-electron chi connectivity index (χ2n) is 4.17. The van der Waals surface area contributed by atoms with Crippen molar-refractivity contribution in [1.82, 2.24) is 10.2 Å². The number of nitrogens with one attached hydrogen (secondary N) is 1. The molecule has 0 radical (unpaired) electrons. The quantitative estimate of drug-likeness (QED) is 0.567. The summed E-state index contributed by atoms with van der Waals surface area (Å²) in [6.07, 6.45) is 0.438. The second-order valence-corrected chi connectivity index (χ2v) is 4.17. The predicted molar refractivity (Wildman–Crippen MR) is 66.5 cm³/mol. The van der Waals surface area contributed by atoms with Gasteiger partial charge in [0, 0.05) is 13.2 Å². The van der Waals surface area contributed by atoms with Gasteiger partial charge in [-0.05, 0) is 18.6 Å². The maximum atomic E-state index is 12.0. The summed E-state index contributed by atoms with van der Waals surface area (Å²) in [5.74, 6) is -1.31. The van der Waals surface area contributed by atoms with Gasteiger partial charge in [0.05, 0.1) is 11.1 Å². The summed E-state index contributed by atoms with van der Waals surface area (Å²) in [4.78, 5) is 36.4. The van der Waals surface area contributed by atoms with E-state index >= 15 is 0 Å². The summed E-state index contributed by atoms with van der Waals surface area (Å²) in [6.45, 7) is 0.00355. The molecule has 2 N–H and O–H groups in total. The van der Waals surface area contributed by atoms with Crippen LogP contribution in [0.2, 0.25) is 0 Å². The van der Waals surface area contributed by atoms with Crippen molar-refractivity contribution in [3.63, 3.8) is 0 Å². The van der Waals surface area contributed by atoms with E-state index in [4.69, 9.17) is 5.11 Å². The number of imide groups is 1. The van der Waals surface area contributed by atoms with Gasteiger partial charge in [-0.15, -0.1) is 0 Å². The number of hydrogen-bond acceptors (Lipinski definition) is 4. The predicted octanol–water partition coefficient (Wildman–Crippen LogP) is -0.219. The largest absolute Gasteiger partial charge is 0.396 e. The Balaban J connectivity index is 2.02. The number of amides is 3. The minimum Gasteiger partial charge on any atom is -0.396 e. The van der Waals surface area contributed by atoms with Crippen LogP contribution in [0.15, 0.2) is 24.3 Å². The highest BCUT2D eigenvalue weighted by Crippen LogP contribution is 2.21. The van der Waals surface area contributed by atoms with Crippen molar-refractivity contribution in [3.05, 3.63) is 35.4 Å². The van der Waals surface area contributed by atoms with E-state index in [1.54, 1.807) is 24.3 Å². The third-order valence-electron chi connectivity index (χ3n) is 2.84. The molecule has 0 aromatic heterocycles. The van der Waals surface area contributed by atoms with Gasteiger partial charge in [-0.1, -0.05) is 12.1 Å². The Hall–Kier alpha value is -2.21. The van der Waals surface area contributed by atoms with Crippen LogP contribution in [0.5, 0.6) is 0 Å². The lowest BCUT2D eigenvalue weighted by molar-refractivity contribution is -0.121. The van der Waals surface area contributed by atoms with E-state index in [9.17, 15) is 14.4 Å². The molecule has 0 unspecified atom stereocenters. The van der Waals surface area contributed by atoms with Crippen LogP contribution in [-0.4, -0.2) is 47.4 Å². The molecular weight excluding hydrogens is 248 g/mol. The zero-order valence-electron chi connectivity index (χ0n) is 10.3. The fourth-order valence-corrected chi connectivity index (χ4v) is 1.89. The Bertz CT molecular complexity index is 492. The summed E-state index contributed by atoms with van der Waals surface area (Å²) in [5, 5.41) is 11.1. The zero-order chi connectivity index (χ0) is 13.8. The topological polar surface area (TPSA) is 86.7 Å². The number of fused-ring (bicyclic) bond motifs is 1. The maximum Gasteiger partial charge on any atom is 0.262 e. The van der Waals surface area contributed by atoms with Crippen LogP contribution in [0, 0.1) is 0 Å². The highest BCUT2D eigenvalue weighted by molar-refractivity contribution is 6.22. The van der Waals surface area contributed by atoms with Gasteiger partial charge in [-0.3, -0.25) is 19.3 Å². The number of benzene rings is 1. The van der Waals surface area contributed by atoms with Gasteiger partial charge in [0.2, 0.25) is 5.91 Å². The number of carbonyl (C=O) groups excluding carboxylic acids is 3. The molecule has 0 saturated heterocycles. The lowest BCUT2D eigenvalue weighted by Crippen LogP contribution is -2.40. The van der Waals surface area contributed by atoms with Crippen molar-refractivity contribution < 1.29 is 19.5 Å². The Morgan fingerprint density at radius 1 is 1.16 bits per heavy atom. The van der Waals surface area contributed by atoms with E-state index in [0.29, 0.717) is 24.1 Å². The minimum absolute atomic E-state index is 0.0205. The molecular formula is C13H14N2O4. The number of carbonyl (C=O) groups is 3. The maximum absolute atomic E-state index is 12.0. The summed E-state index contributed by atoms with van der Waals surface area (Å²) in [7, 11) is 0. The average molecular weight is 262 g/mol. The fourth-order valence-electron chi connectivity index (χ4n) is 1.89. The van der Waals surface area contributed by atoms with Gasteiger partial charge < -0.3 is 10.4 Å². The Morgan fingerprint density at radius 2 is 1.74 bits per heavy atom. The third-order valence-corrected chi connectivity index (χ3v) is 2.84. The number of aliphatic hydroxyl groups excluding tert-OH is 1. The van der Waals surface area contributed by atoms with Crippen molar-refractivity contribution in [1.29, 1.82) is 0 Å². The normalized spacial score (nSPS) is 13.6. The van der Waals surface area contributed by atoms with Crippen molar-refractivity contribution in [2.45, 2.75) is 6.42 Å². The molecule has 1 heterocycles. The first kappa shape index (κ1) is 13.2. The van der Waals surface area contributed by atoms with Gasteiger partial charge in [-0.25, -0.2) is 0 Å². The van der Waals surface area contributed by atoms with Crippen LogP contribution < -0.4 is 5.32 Å². The molecule has 0 bridgehead atoms. The number of nitrogens with zero attached hydrogens (tertiary/aromatic N) is 1. The van der Waals surface area contributed by atoms with Gasteiger partial charge in [0.1, 0.15) is 6.54 Å². The Morgan fingerprint density at radius 3 is 2.26 bits per heavy atom. The highest BCUT2D eigenvalue weighted by atomic mass is 16.3. The lowest BCUT2D eigenvalue weighted by Gasteiger charge is -2.13. The van der Waals surface area contributed by atoms with Gasteiger partial charge in [0.15, 0.2) is 0 Å². The summed E-state index contributed by atoms with van der Waals surface area (Å²) < 4.78 is 0. The molecule has 0 aliphatic carbocycles. The molecule has 100 valence electrons. The summed E-state index contributed by atoms with van der Waals surface area (Å²) in [5.41, 5.74) is 0.659. The molecule has 0 fully saturated rings. The standard InChI is InChI=1S/C13H14N2O4/c16-7-3-6-14-11(17)8-15-12(18)9-4-1-2-5-10(9)13(15)19/h1-2,4-5,16H,3,6-8H2,(H,14,17). The molecule has 6 heteroatoms. The van der Waals surface area contributed by atoms with Crippen LogP contribution in [0.1, 0.15) is 27.1 Å². The van der Waals surface area contributed by atoms with Crippen LogP contribution in [0.25, 0.3) is 0 Å². The monoisotopic (exact) mass is 262 g/mol. The minimum atomic E-state index is -0.446. The molecule has 0 saturated carbocycles. The van der Waals surface area contributed by atoms with Crippen LogP contribution in [0.4, 0.5) is 0 Å². The first-order chi connectivity index (χ1) is 9.15. The van der Waals surface area contributed by atoms with E-state index in [-0.39, 0.29) is 13.2 Å². The van der Waals surface area contributed by atoms with Crippen molar-refractivity contribution in [2.24, 2.45) is 0 Å². The first-order valence-corrected chi connectivity index (χ1v) is 5.98. The summed E-state index contributed by atoms with van der Waals surface area (Å²) in [6, 6.07) is 6.49. The number of aliphatic hydroxyl groups is 1. The number of rotatable bonds is 5. The molecule has 3 amide bonds. The van der Waals surface area contributed by atoms with E-state index in [2.05, 4.69) is 5.32 Å². The smallest absolute Gasteiger partial charge is 0.262 e. The van der Waals surface area contributed by atoms with E-state index in [0.717, 1.165) is 4.90 Å². The molecule has 1 aromatic rings. The highest BCUT2D eigenvalue weighted by Gasteiger charge is 2.35. The van der Waals surface area contributed by atoms with Gasteiger partial charge in [0.25, 0.3) is 11.8 Å². The van der Waals surface area contributed by atoms with Crippen molar-refractivity contribution in [3.8, 4) is 0 Å². The molecule has 2 rings (SSSR count). The van der Waals surface area contributed by atoms with E-state index in [1.807, 2.05) is 0 Å². The molecule has 1 aliphatic heterocycles. The number of hydrogen-bond donors (Lipinski definition) is 2. The molecule has 0 atom stereocenters.